The Morgan fingerprint density at radius 2 is 1.94 bits per heavy atom. The van der Waals surface area contributed by atoms with E-state index in [4.69, 9.17) is 4.74 Å². The lowest BCUT2D eigenvalue weighted by atomic mass is 9.52. The molecule has 2 saturated carbocycles. The van der Waals surface area contributed by atoms with Crippen molar-refractivity contribution in [3.05, 3.63) is 46.1 Å². The fourth-order valence-corrected chi connectivity index (χ4v) is 7.09. The Morgan fingerprint density at radius 1 is 1.20 bits per heavy atom. The monoisotopic (exact) mass is 486 g/mol. The molecule has 0 bridgehead atoms. The quantitative estimate of drug-likeness (QED) is 0.237. The minimum absolute atomic E-state index is 0.0126. The van der Waals surface area contributed by atoms with Crippen LogP contribution in [-0.4, -0.2) is 52.6 Å². The van der Waals surface area contributed by atoms with Crippen LogP contribution in [0.25, 0.3) is 0 Å². The summed E-state index contributed by atoms with van der Waals surface area (Å²) in [6.07, 6.45) is 13.0. The Balaban J connectivity index is 2.03. The van der Waals surface area contributed by atoms with E-state index in [1.165, 1.54) is 11.1 Å². The third-order valence-electron chi connectivity index (χ3n) is 8.88. The molecule has 196 valence electrons. The molecule has 3 rings (SSSR count). The molecule has 5 nitrogen and oxygen atoms in total. The molecule has 0 aromatic rings. The van der Waals surface area contributed by atoms with Crippen molar-refractivity contribution in [2.24, 2.45) is 17.3 Å². The molecule has 3 N–H and O–H groups in total. The molecular formula is C30H46O5. The number of ether oxygens (including phenoxy) is 1. The van der Waals surface area contributed by atoms with Gasteiger partial charge >= 0.3 is 0 Å². The van der Waals surface area contributed by atoms with Crippen LogP contribution in [0, 0.1) is 17.3 Å². The molecule has 6 atom stereocenters. The highest BCUT2D eigenvalue weighted by Gasteiger charge is 2.65. The summed E-state index contributed by atoms with van der Waals surface area (Å²) in [4.78, 5) is 11.8. The van der Waals surface area contributed by atoms with Gasteiger partial charge in [-0.2, -0.15) is 0 Å². The van der Waals surface area contributed by atoms with E-state index in [1.54, 1.807) is 0 Å². The van der Waals surface area contributed by atoms with Crippen LogP contribution >= 0.6 is 0 Å². The number of carbonyl (C=O) groups is 1. The van der Waals surface area contributed by atoms with E-state index in [1.807, 2.05) is 13.8 Å². The summed E-state index contributed by atoms with van der Waals surface area (Å²) in [6.45, 7) is 10.2. The highest BCUT2D eigenvalue weighted by atomic mass is 16.5. The second kappa shape index (κ2) is 11.7. The maximum absolute atomic E-state index is 11.9. The van der Waals surface area contributed by atoms with Crippen molar-refractivity contribution in [2.75, 3.05) is 13.2 Å². The smallest absolute Gasteiger partial charge is 0.145 e. The van der Waals surface area contributed by atoms with Gasteiger partial charge in [0.25, 0.3) is 0 Å². The predicted molar refractivity (Wildman–Crippen MR) is 140 cm³/mol. The van der Waals surface area contributed by atoms with Crippen LogP contribution in [0.15, 0.2) is 46.1 Å². The van der Waals surface area contributed by atoms with Gasteiger partial charge in [0.1, 0.15) is 6.29 Å². The molecule has 0 radical (unpaired) electrons. The zero-order valence-corrected chi connectivity index (χ0v) is 22.3. The average molecular weight is 487 g/mol. The number of allylic oxidation sites excluding steroid dienone is 5. The maximum atomic E-state index is 11.9. The maximum Gasteiger partial charge on any atom is 0.145 e. The van der Waals surface area contributed by atoms with Crippen LogP contribution in [0.1, 0.15) is 86.0 Å². The molecule has 2 aliphatic carbocycles. The summed E-state index contributed by atoms with van der Waals surface area (Å²) in [6, 6.07) is 0. The molecule has 35 heavy (non-hydrogen) atoms. The lowest BCUT2D eigenvalue weighted by molar-refractivity contribution is -0.190. The third kappa shape index (κ3) is 5.58. The molecule has 0 saturated heterocycles. The predicted octanol–water partition coefficient (Wildman–Crippen LogP) is 5.21. The number of carbonyl (C=O) groups excluding carboxylic acids is 1. The van der Waals surface area contributed by atoms with E-state index in [2.05, 4.69) is 39.0 Å². The Labute approximate surface area is 211 Å². The minimum Gasteiger partial charge on any atom is -0.396 e. The number of hydrogen-bond acceptors (Lipinski definition) is 5. The van der Waals surface area contributed by atoms with Gasteiger partial charge in [0.15, 0.2) is 0 Å². The van der Waals surface area contributed by atoms with Crippen LogP contribution < -0.4 is 0 Å². The normalized spacial score (nSPS) is 36.6. The molecule has 1 spiro atoms. The first-order valence-electron chi connectivity index (χ1n) is 13.4. The van der Waals surface area contributed by atoms with Gasteiger partial charge in [0.2, 0.25) is 0 Å². The van der Waals surface area contributed by atoms with E-state index >= 15 is 0 Å². The Bertz CT molecular complexity index is 888. The molecule has 0 amide bonds. The SMILES string of the molecule is CC(C)=CCC/C(C)=C\[C@H]1C=C(CO)[C@@H]2CC[C@]3([C@H](CCCO)/C(=C(/C)C=O)CC[C@]3(C)O)[C@@H]2O1. The van der Waals surface area contributed by atoms with Crippen molar-refractivity contribution in [3.63, 3.8) is 0 Å². The average Bonchev–Trinajstić information content (AvgIpc) is 3.19. The van der Waals surface area contributed by atoms with Crippen molar-refractivity contribution in [1.82, 2.24) is 0 Å². The van der Waals surface area contributed by atoms with Gasteiger partial charge in [-0.3, -0.25) is 4.79 Å². The largest absolute Gasteiger partial charge is 0.396 e. The molecule has 5 heteroatoms. The van der Waals surface area contributed by atoms with Gasteiger partial charge in [-0.15, -0.1) is 0 Å². The number of aliphatic hydroxyl groups is 3. The van der Waals surface area contributed by atoms with Gasteiger partial charge < -0.3 is 20.1 Å². The topological polar surface area (TPSA) is 87.0 Å². The van der Waals surface area contributed by atoms with Crippen LogP contribution in [0.3, 0.4) is 0 Å². The number of aliphatic hydroxyl groups excluding tert-OH is 2. The Hall–Kier alpha value is -1.53. The summed E-state index contributed by atoms with van der Waals surface area (Å²) >= 11 is 0. The molecule has 1 aliphatic heterocycles. The number of hydrogen-bond donors (Lipinski definition) is 3. The molecule has 0 aromatic carbocycles. The summed E-state index contributed by atoms with van der Waals surface area (Å²) in [7, 11) is 0. The van der Waals surface area contributed by atoms with E-state index < -0.39 is 11.0 Å². The van der Waals surface area contributed by atoms with Crippen molar-refractivity contribution in [1.29, 1.82) is 0 Å². The first-order valence-corrected chi connectivity index (χ1v) is 13.4. The summed E-state index contributed by atoms with van der Waals surface area (Å²) in [5, 5.41) is 31.9. The van der Waals surface area contributed by atoms with Crippen LogP contribution in [0.4, 0.5) is 0 Å². The van der Waals surface area contributed by atoms with Gasteiger partial charge in [-0.05, 0) is 103 Å². The highest BCUT2D eigenvalue weighted by Crippen LogP contribution is 2.64. The Kier molecular flexibility index (Phi) is 9.36. The van der Waals surface area contributed by atoms with Crippen molar-refractivity contribution in [3.8, 4) is 0 Å². The van der Waals surface area contributed by atoms with Gasteiger partial charge in [-0.1, -0.05) is 34.9 Å². The summed E-state index contributed by atoms with van der Waals surface area (Å²) < 4.78 is 6.83. The third-order valence-corrected chi connectivity index (χ3v) is 8.88. The van der Waals surface area contributed by atoms with Crippen LogP contribution in [0.2, 0.25) is 0 Å². The van der Waals surface area contributed by atoms with Crippen LogP contribution in [-0.2, 0) is 9.53 Å². The summed E-state index contributed by atoms with van der Waals surface area (Å²) in [5.41, 5.74) is 3.87. The first-order chi connectivity index (χ1) is 16.6. The number of rotatable bonds is 9. The molecule has 2 fully saturated rings. The molecular weight excluding hydrogens is 440 g/mol. The van der Waals surface area contributed by atoms with Crippen LogP contribution in [0.5, 0.6) is 0 Å². The lowest BCUT2D eigenvalue weighted by Gasteiger charge is -2.57. The zero-order chi connectivity index (χ0) is 25.8. The molecule has 1 heterocycles. The van der Waals surface area contributed by atoms with Gasteiger partial charge in [0.05, 0.1) is 24.4 Å². The second-order valence-corrected chi connectivity index (χ2v) is 11.5. The van der Waals surface area contributed by atoms with E-state index in [0.29, 0.717) is 25.7 Å². The minimum atomic E-state index is -0.968. The fourth-order valence-electron chi connectivity index (χ4n) is 7.09. The number of fused-ring (bicyclic) bond motifs is 2. The van der Waals surface area contributed by atoms with Gasteiger partial charge in [-0.25, -0.2) is 0 Å². The lowest BCUT2D eigenvalue weighted by Crippen LogP contribution is -2.61. The van der Waals surface area contributed by atoms with E-state index in [0.717, 1.165) is 48.7 Å². The Morgan fingerprint density at radius 3 is 2.57 bits per heavy atom. The van der Waals surface area contributed by atoms with E-state index in [-0.39, 0.29) is 37.3 Å². The van der Waals surface area contributed by atoms with Gasteiger partial charge in [0, 0.05) is 17.9 Å². The van der Waals surface area contributed by atoms with Crippen molar-refractivity contribution < 1.29 is 24.9 Å². The second-order valence-electron chi connectivity index (χ2n) is 11.5. The molecule has 3 aliphatic rings. The molecule has 0 aromatic heterocycles. The standard InChI is InChI=1S/C30H46O5/c1-20(2)8-6-9-21(3)16-24-17-23(19-33)26-12-14-30(28(26)35-24)27(10-7-15-31)25(22(4)18-32)11-13-29(30,5)34/h8,16-18,24,26-28,31,33-34H,6-7,9-15,19H2,1-5H3/b21-16-,25-22-/t24-,26-,27+,28+,29-,30-/m0/s1. The van der Waals surface area contributed by atoms with E-state index in [9.17, 15) is 20.1 Å². The zero-order valence-electron chi connectivity index (χ0n) is 22.3. The van der Waals surface area contributed by atoms with Crippen molar-refractivity contribution >= 4 is 6.29 Å². The fraction of sp³-hybridized carbons (Fsp3) is 0.700. The summed E-state index contributed by atoms with van der Waals surface area (Å²) in [5.74, 6) is 0.00894. The molecule has 0 unspecified atom stereocenters. The first kappa shape index (κ1) is 28.0. The highest BCUT2D eigenvalue weighted by molar-refractivity contribution is 5.74. The van der Waals surface area contributed by atoms with Crippen molar-refractivity contribution in [2.45, 2.75) is 104 Å². The number of aldehydes is 1.